The van der Waals surface area contributed by atoms with E-state index in [-0.39, 0.29) is 24.1 Å². The molecule has 0 radical (unpaired) electrons. The fourth-order valence-corrected chi connectivity index (χ4v) is 2.33. The van der Waals surface area contributed by atoms with E-state index >= 15 is 0 Å². The Morgan fingerprint density at radius 2 is 2.00 bits per heavy atom. The highest BCUT2D eigenvalue weighted by atomic mass is 16.5. The normalized spacial score (nSPS) is 19.9. The molecule has 0 bridgehead atoms. The lowest BCUT2D eigenvalue weighted by Crippen LogP contribution is -2.41. The molecule has 0 aliphatic carbocycles. The second-order valence-corrected chi connectivity index (χ2v) is 5.09. The van der Waals surface area contributed by atoms with Crippen LogP contribution in [-0.2, 0) is 23.8 Å². The maximum Gasteiger partial charge on any atom is 0.307 e. The van der Waals surface area contributed by atoms with Crippen LogP contribution in [0.15, 0.2) is 0 Å². The highest BCUT2D eigenvalue weighted by molar-refractivity contribution is 5.70. The Hall–Kier alpha value is -1.14. The van der Waals surface area contributed by atoms with Gasteiger partial charge in [-0.1, -0.05) is 0 Å². The molecule has 6 heteroatoms. The topological polar surface area (TPSA) is 65.1 Å². The molecule has 0 aromatic rings. The molecule has 0 saturated carbocycles. The molecular formula is C14H25NO5. The van der Waals surface area contributed by atoms with Gasteiger partial charge in [0.1, 0.15) is 0 Å². The zero-order valence-corrected chi connectivity index (χ0v) is 12.6. The predicted molar refractivity (Wildman–Crippen MR) is 73.3 cm³/mol. The predicted octanol–water partition coefficient (Wildman–Crippen LogP) is 0.982. The third-order valence-corrected chi connectivity index (χ3v) is 3.61. The molecule has 1 aliphatic heterocycles. The first kappa shape index (κ1) is 16.9. The molecule has 1 saturated heterocycles. The van der Waals surface area contributed by atoms with E-state index in [9.17, 15) is 9.59 Å². The molecule has 1 heterocycles. The molecule has 0 amide bonds. The highest BCUT2D eigenvalue weighted by Crippen LogP contribution is 2.16. The van der Waals surface area contributed by atoms with E-state index in [1.807, 2.05) is 6.92 Å². The average Bonchev–Trinajstić information content (AvgIpc) is 2.95. The van der Waals surface area contributed by atoms with E-state index in [1.165, 1.54) is 14.2 Å². The summed E-state index contributed by atoms with van der Waals surface area (Å²) in [5.41, 5.74) is 0. The lowest BCUT2D eigenvalue weighted by Gasteiger charge is -2.30. The Balaban J connectivity index is 2.51. The average molecular weight is 287 g/mol. The molecule has 2 atom stereocenters. The van der Waals surface area contributed by atoms with Gasteiger partial charge in [-0.25, -0.2) is 0 Å². The van der Waals surface area contributed by atoms with Crippen molar-refractivity contribution in [1.29, 1.82) is 0 Å². The van der Waals surface area contributed by atoms with Crippen molar-refractivity contribution < 1.29 is 23.8 Å². The van der Waals surface area contributed by atoms with Gasteiger partial charge in [0.2, 0.25) is 0 Å². The van der Waals surface area contributed by atoms with Crippen LogP contribution in [0.1, 0.15) is 32.6 Å². The van der Waals surface area contributed by atoms with Gasteiger partial charge in [0.15, 0.2) is 0 Å². The number of carbonyl (C=O) groups is 2. The molecule has 0 spiro atoms. The monoisotopic (exact) mass is 287 g/mol. The minimum absolute atomic E-state index is 0.0105. The molecule has 20 heavy (non-hydrogen) atoms. The van der Waals surface area contributed by atoms with Crippen molar-refractivity contribution in [3.8, 4) is 0 Å². The number of methoxy groups -OCH3 is 2. The van der Waals surface area contributed by atoms with Crippen molar-refractivity contribution in [3.63, 3.8) is 0 Å². The van der Waals surface area contributed by atoms with E-state index in [2.05, 4.69) is 9.64 Å². The third kappa shape index (κ3) is 5.88. The molecule has 0 N–H and O–H groups in total. The summed E-state index contributed by atoms with van der Waals surface area (Å²) in [4.78, 5) is 24.8. The lowest BCUT2D eigenvalue weighted by molar-refractivity contribution is -0.142. The maximum absolute atomic E-state index is 11.4. The number of hydrogen-bond acceptors (Lipinski definition) is 6. The minimum Gasteiger partial charge on any atom is -0.469 e. The van der Waals surface area contributed by atoms with E-state index in [0.717, 1.165) is 26.0 Å². The van der Waals surface area contributed by atoms with Gasteiger partial charge in [-0.2, -0.15) is 0 Å². The van der Waals surface area contributed by atoms with Crippen LogP contribution in [0.25, 0.3) is 0 Å². The molecule has 1 rings (SSSR count). The first-order valence-corrected chi connectivity index (χ1v) is 7.06. The van der Waals surface area contributed by atoms with E-state index in [0.29, 0.717) is 19.4 Å². The number of carbonyl (C=O) groups excluding carboxylic acids is 2. The first-order valence-electron chi connectivity index (χ1n) is 7.06. The van der Waals surface area contributed by atoms with Gasteiger partial charge < -0.3 is 14.2 Å². The third-order valence-electron chi connectivity index (χ3n) is 3.61. The summed E-state index contributed by atoms with van der Waals surface area (Å²) >= 11 is 0. The second kappa shape index (κ2) is 8.92. The van der Waals surface area contributed by atoms with Crippen molar-refractivity contribution >= 4 is 11.9 Å². The number of nitrogens with zero attached hydrogens (tertiary/aromatic N) is 1. The van der Waals surface area contributed by atoms with Crippen molar-refractivity contribution in [1.82, 2.24) is 4.90 Å². The summed E-state index contributed by atoms with van der Waals surface area (Å²) in [6.07, 6.45) is 2.91. The number of ether oxygens (including phenoxy) is 3. The zero-order chi connectivity index (χ0) is 15.0. The SMILES string of the molecule is COC(=O)CCN(CC1CCCO1)C(C)CC(=O)OC. The molecule has 0 aromatic carbocycles. The summed E-state index contributed by atoms with van der Waals surface area (Å²) in [5, 5.41) is 0. The minimum atomic E-state index is -0.243. The molecular weight excluding hydrogens is 262 g/mol. The van der Waals surface area contributed by atoms with Gasteiger partial charge in [-0.3, -0.25) is 14.5 Å². The number of hydrogen-bond donors (Lipinski definition) is 0. The lowest BCUT2D eigenvalue weighted by atomic mass is 10.1. The van der Waals surface area contributed by atoms with E-state index < -0.39 is 0 Å². The van der Waals surface area contributed by atoms with Crippen LogP contribution in [0.3, 0.4) is 0 Å². The Morgan fingerprint density at radius 1 is 1.30 bits per heavy atom. The van der Waals surface area contributed by atoms with Gasteiger partial charge in [0, 0.05) is 25.7 Å². The molecule has 1 aliphatic rings. The van der Waals surface area contributed by atoms with E-state index in [1.54, 1.807) is 0 Å². The Bertz CT molecular complexity index is 315. The molecule has 6 nitrogen and oxygen atoms in total. The number of rotatable bonds is 8. The van der Waals surface area contributed by atoms with Crippen molar-refractivity contribution in [2.24, 2.45) is 0 Å². The Kier molecular flexibility index (Phi) is 7.54. The van der Waals surface area contributed by atoms with Crippen molar-refractivity contribution in [2.75, 3.05) is 33.9 Å². The molecule has 2 unspecified atom stereocenters. The Labute approximate surface area is 120 Å². The van der Waals surface area contributed by atoms with Crippen LogP contribution < -0.4 is 0 Å². The molecule has 0 aromatic heterocycles. The smallest absolute Gasteiger partial charge is 0.307 e. The van der Waals surface area contributed by atoms with Crippen LogP contribution in [0, 0.1) is 0 Å². The van der Waals surface area contributed by atoms with Gasteiger partial charge in [-0.15, -0.1) is 0 Å². The van der Waals surface area contributed by atoms with Crippen LogP contribution in [0.4, 0.5) is 0 Å². The molecule has 116 valence electrons. The van der Waals surface area contributed by atoms with Crippen molar-refractivity contribution in [2.45, 2.75) is 44.8 Å². The maximum atomic E-state index is 11.4. The fraction of sp³-hybridized carbons (Fsp3) is 0.857. The van der Waals surface area contributed by atoms with Gasteiger partial charge >= 0.3 is 11.9 Å². The first-order chi connectivity index (χ1) is 9.56. The van der Waals surface area contributed by atoms with Gasteiger partial charge in [-0.05, 0) is 19.8 Å². The van der Waals surface area contributed by atoms with Gasteiger partial charge in [0.25, 0.3) is 0 Å². The zero-order valence-electron chi connectivity index (χ0n) is 12.6. The van der Waals surface area contributed by atoms with Crippen LogP contribution >= 0.6 is 0 Å². The number of esters is 2. The van der Waals surface area contributed by atoms with Crippen LogP contribution in [-0.4, -0.2) is 62.9 Å². The van der Waals surface area contributed by atoms with Crippen LogP contribution in [0.2, 0.25) is 0 Å². The Morgan fingerprint density at radius 3 is 2.55 bits per heavy atom. The van der Waals surface area contributed by atoms with Crippen molar-refractivity contribution in [3.05, 3.63) is 0 Å². The summed E-state index contributed by atoms with van der Waals surface area (Å²) < 4.78 is 15.0. The standard InChI is InChI=1S/C14H25NO5/c1-11(9-14(17)19-3)15(7-6-13(16)18-2)10-12-5-4-8-20-12/h11-12H,4-10H2,1-3H3. The fourth-order valence-electron chi connectivity index (χ4n) is 2.33. The largest absolute Gasteiger partial charge is 0.469 e. The summed E-state index contributed by atoms with van der Waals surface area (Å²) in [5.74, 6) is -0.486. The van der Waals surface area contributed by atoms with E-state index in [4.69, 9.17) is 9.47 Å². The summed E-state index contributed by atoms with van der Waals surface area (Å²) in [6, 6.07) is 0.0105. The highest BCUT2D eigenvalue weighted by Gasteiger charge is 2.24. The summed E-state index contributed by atoms with van der Waals surface area (Å²) in [6.45, 7) is 4.05. The summed E-state index contributed by atoms with van der Waals surface area (Å²) in [7, 11) is 2.76. The van der Waals surface area contributed by atoms with Gasteiger partial charge in [0.05, 0.1) is 33.2 Å². The second-order valence-electron chi connectivity index (χ2n) is 5.09. The quantitative estimate of drug-likeness (QED) is 0.620. The molecule has 1 fully saturated rings. The van der Waals surface area contributed by atoms with Crippen LogP contribution in [0.5, 0.6) is 0 Å².